The molecule has 7 heteroatoms. The number of aromatic nitrogens is 1. The fraction of sp³-hybridized carbons (Fsp3) is 0.360. The van der Waals surface area contributed by atoms with E-state index in [4.69, 9.17) is 20.9 Å². The Kier molecular flexibility index (Phi) is 6.82. The van der Waals surface area contributed by atoms with Gasteiger partial charge in [0, 0.05) is 37.7 Å². The number of aryl methyl sites for hydroxylation is 3. The second-order valence-corrected chi connectivity index (χ2v) is 8.74. The summed E-state index contributed by atoms with van der Waals surface area (Å²) in [6.07, 6.45) is 0. The molecule has 0 saturated carbocycles. The van der Waals surface area contributed by atoms with Crippen LogP contribution in [0.3, 0.4) is 0 Å². The Morgan fingerprint density at radius 1 is 1.06 bits per heavy atom. The molecule has 0 unspecified atom stereocenters. The minimum absolute atomic E-state index is 0.108. The monoisotopic (exact) mass is 453 g/mol. The van der Waals surface area contributed by atoms with Gasteiger partial charge in [-0.25, -0.2) is 0 Å². The highest BCUT2D eigenvalue weighted by atomic mass is 35.5. The van der Waals surface area contributed by atoms with Gasteiger partial charge in [0.15, 0.2) is 5.69 Å². The van der Waals surface area contributed by atoms with E-state index >= 15 is 0 Å². The highest BCUT2D eigenvalue weighted by molar-refractivity contribution is 6.30. The number of piperazine rings is 1. The van der Waals surface area contributed by atoms with Gasteiger partial charge in [0.2, 0.25) is 0 Å². The number of nitrogens with zero attached hydrogens (tertiary/aromatic N) is 3. The molecular weight excluding hydrogens is 426 g/mol. The molecule has 0 aliphatic carbocycles. The van der Waals surface area contributed by atoms with Gasteiger partial charge in [0.1, 0.15) is 18.1 Å². The molecule has 0 atom stereocenters. The highest BCUT2D eigenvalue weighted by Crippen LogP contribution is 2.22. The zero-order chi connectivity index (χ0) is 22.7. The SMILES string of the molecule is Cc1ccc(OCc2c(C(=O)N3CCN(Cc4cccc(Cl)c4)CC3)noc2C)cc1C. The lowest BCUT2D eigenvalue weighted by Crippen LogP contribution is -2.48. The van der Waals surface area contributed by atoms with Crippen molar-refractivity contribution in [2.45, 2.75) is 33.9 Å². The van der Waals surface area contributed by atoms with Crippen LogP contribution in [0.2, 0.25) is 5.02 Å². The first-order valence-corrected chi connectivity index (χ1v) is 11.2. The van der Waals surface area contributed by atoms with Crippen molar-refractivity contribution >= 4 is 17.5 Å². The van der Waals surface area contributed by atoms with Crippen LogP contribution in [0.1, 0.15) is 38.5 Å². The van der Waals surface area contributed by atoms with Crippen LogP contribution in [0.5, 0.6) is 5.75 Å². The van der Waals surface area contributed by atoms with E-state index in [1.165, 1.54) is 11.1 Å². The summed E-state index contributed by atoms with van der Waals surface area (Å²) in [5, 5.41) is 4.80. The van der Waals surface area contributed by atoms with Crippen molar-refractivity contribution in [3.8, 4) is 5.75 Å². The van der Waals surface area contributed by atoms with E-state index in [0.717, 1.165) is 36.0 Å². The summed E-state index contributed by atoms with van der Waals surface area (Å²) >= 11 is 6.09. The van der Waals surface area contributed by atoms with Gasteiger partial charge >= 0.3 is 0 Å². The van der Waals surface area contributed by atoms with Gasteiger partial charge in [-0.3, -0.25) is 9.69 Å². The molecule has 1 fully saturated rings. The lowest BCUT2D eigenvalue weighted by molar-refractivity contribution is 0.0616. The van der Waals surface area contributed by atoms with Crippen LogP contribution in [-0.2, 0) is 13.2 Å². The number of ether oxygens (including phenoxy) is 1. The van der Waals surface area contributed by atoms with E-state index in [9.17, 15) is 4.79 Å². The van der Waals surface area contributed by atoms with E-state index in [2.05, 4.69) is 23.0 Å². The first-order valence-electron chi connectivity index (χ1n) is 10.8. The number of rotatable bonds is 6. The zero-order valence-electron chi connectivity index (χ0n) is 18.7. The molecule has 6 nitrogen and oxygen atoms in total. The van der Waals surface area contributed by atoms with Crippen molar-refractivity contribution in [2.75, 3.05) is 26.2 Å². The van der Waals surface area contributed by atoms with Crippen molar-refractivity contribution < 1.29 is 14.1 Å². The summed E-state index contributed by atoms with van der Waals surface area (Å²) in [5.41, 5.74) is 4.60. The Labute approximate surface area is 193 Å². The fourth-order valence-electron chi connectivity index (χ4n) is 3.84. The standard InChI is InChI=1S/C25H28ClN3O3/c1-17-7-8-22(13-18(17)2)31-16-23-19(3)32-27-24(23)25(30)29-11-9-28(10-12-29)15-20-5-4-6-21(26)14-20/h4-8,13-14H,9-12,15-16H2,1-3H3. The van der Waals surface area contributed by atoms with Gasteiger partial charge in [0.05, 0.1) is 5.56 Å². The van der Waals surface area contributed by atoms with Crippen molar-refractivity contribution in [1.82, 2.24) is 15.0 Å². The van der Waals surface area contributed by atoms with Crippen LogP contribution in [0.25, 0.3) is 0 Å². The first kappa shape index (κ1) is 22.4. The number of halogens is 1. The van der Waals surface area contributed by atoms with Gasteiger partial charge in [-0.1, -0.05) is 35.0 Å². The number of hydrogen-bond acceptors (Lipinski definition) is 5. The van der Waals surface area contributed by atoms with Crippen LogP contribution in [0.15, 0.2) is 47.0 Å². The number of amides is 1. The molecule has 0 bridgehead atoms. The molecule has 0 radical (unpaired) electrons. The van der Waals surface area contributed by atoms with E-state index in [1.54, 1.807) is 0 Å². The average Bonchev–Trinajstić information content (AvgIpc) is 3.15. The van der Waals surface area contributed by atoms with E-state index in [-0.39, 0.29) is 12.5 Å². The number of hydrogen-bond donors (Lipinski definition) is 0. The lowest BCUT2D eigenvalue weighted by Gasteiger charge is -2.34. The number of benzene rings is 2. The minimum Gasteiger partial charge on any atom is -0.489 e. The van der Waals surface area contributed by atoms with Gasteiger partial charge in [-0.05, 0) is 61.7 Å². The second-order valence-electron chi connectivity index (χ2n) is 8.30. The van der Waals surface area contributed by atoms with Crippen LogP contribution >= 0.6 is 11.6 Å². The molecule has 0 spiro atoms. The molecule has 1 aromatic heterocycles. The highest BCUT2D eigenvalue weighted by Gasteiger charge is 2.28. The Balaban J connectivity index is 1.37. The maximum atomic E-state index is 13.2. The smallest absolute Gasteiger partial charge is 0.276 e. The third-order valence-corrected chi connectivity index (χ3v) is 6.24. The molecule has 2 aromatic carbocycles. The number of carbonyl (C=O) groups is 1. The molecular formula is C25H28ClN3O3. The Morgan fingerprint density at radius 2 is 1.84 bits per heavy atom. The molecule has 1 saturated heterocycles. The fourth-order valence-corrected chi connectivity index (χ4v) is 4.05. The molecule has 2 heterocycles. The van der Waals surface area contributed by atoms with Gasteiger partial charge in [0.25, 0.3) is 5.91 Å². The van der Waals surface area contributed by atoms with Crippen molar-refractivity contribution in [1.29, 1.82) is 0 Å². The maximum Gasteiger partial charge on any atom is 0.276 e. The van der Waals surface area contributed by atoms with Crippen LogP contribution < -0.4 is 4.74 Å². The van der Waals surface area contributed by atoms with Crippen molar-refractivity contribution in [2.24, 2.45) is 0 Å². The molecule has 1 aliphatic heterocycles. The topological polar surface area (TPSA) is 58.8 Å². The molecule has 168 valence electrons. The predicted molar refractivity (Wildman–Crippen MR) is 124 cm³/mol. The summed E-state index contributed by atoms with van der Waals surface area (Å²) in [5.74, 6) is 1.27. The van der Waals surface area contributed by atoms with Gasteiger partial charge in [-0.15, -0.1) is 0 Å². The summed E-state index contributed by atoms with van der Waals surface area (Å²) in [6, 6.07) is 13.9. The number of carbonyl (C=O) groups excluding carboxylic acids is 1. The average molecular weight is 454 g/mol. The first-order chi connectivity index (χ1) is 15.4. The normalized spacial score (nSPS) is 14.6. The van der Waals surface area contributed by atoms with E-state index in [1.807, 2.05) is 55.1 Å². The quantitative estimate of drug-likeness (QED) is 0.537. The summed E-state index contributed by atoms with van der Waals surface area (Å²) in [7, 11) is 0. The van der Waals surface area contributed by atoms with Crippen LogP contribution in [0.4, 0.5) is 0 Å². The van der Waals surface area contributed by atoms with Gasteiger partial charge in [-0.2, -0.15) is 0 Å². The molecule has 1 aliphatic rings. The largest absolute Gasteiger partial charge is 0.489 e. The maximum absolute atomic E-state index is 13.2. The van der Waals surface area contributed by atoms with E-state index < -0.39 is 0 Å². The Morgan fingerprint density at radius 3 is 2.56 bits per heavy atom. The third kappa shape index (κ3) is 5.14. The second kappa shape index (κ2) is 9.76. The zero-order valence-corrected chi connectivity index (χ0v) is 19.5. The molecule has 1 amide bonds. The molecule has 0 N–H and O–H groups in total. The Bertz CT molecular complexity index is 1100. The molecule has 3 aromatic rings. The van der Waals surface area contributed by atoms with Gasteiger partial charge < -0.3 is 14.2 Å². The molecule has 4 rings (SSSR count). The van der Waals surface area contributed by atoms with E-state index in [0.29, 0.717) is 30.1 Å². The summed E-state index contributed by atoms with van der Waals surface area (Å²) < 4.78 is 11.3. The molecule has 32 heavy (non-hydrogen) atoms. The summed E-state index contributed by atoms with van der Waals surface area (Å²) in [4.78, 5) is 17.3. The Hall–Kier alpha value is -2.83. The van der Waals surface area contributed by atoms with Crippen LogP contribution in [-0.4, -0.2) is 47.0 Å². The summed E-state index contributed by atoms with van der Waals surface area (Å²) in [6.45, 7) is 9.86. The van der Waals surface area contributed by atoms with Crippen LogP contribution in [0, 0.1) is 20.8 Å². The van der Waals surface area contributed by atoms with Crippen molar-refractivity contribution in [3.05, 3.63) is 81.2 Å². The van der Waals surface area contributed by atoms with Crippen molar-refractivity contribution in [3.63, 3.8) is 0 Å². The third-order valence-electron chi connectivity index (χ3n) is 6.00. The minimum atomic E-state index is -0.108. The lowest BCUT2D eigenvalue weighted by atomic mass is 10.1. The predicted octanol–water partition coefficient (Wildman–Crippen LogP) is 4.79.